The lowest BCUT2D eigenvalue weighted by Gasteiger charge is -2.31. The first kappa shape index (κ1) is 25.5. The predicted molar refractivity (Wildman–Crippen MR) is 113 cm³/mol. The molecule has 0 unspecified atom stereocenters. The monoisotopic (exact) mass is 486 g/mol. The Morgan fingerprint density at radius 1 is 1.18 bits per heavy atom. The SMILES string of the molecule is O=C(NCc1ccco1)N1CCC(Cn2cc(CN3CCCC3)nn2)CC1.O=C(O)C(F)(F)F. The number of carbonyl (C=O) groups excluding carboxylic acids is 1. The fourth-order valence-electron chi connectivity index (χ4n) is 3.94. The number of urea groups is 1. The van der Waals surface area contributed by atoms with Crippen molar-refractivity contribution in [3.05, 3.63) is 36.0 Å². The minimum Gasteiger partial charge on any atom is -0.475 e. The predicted octanol–water partition coefficient (Wildman–Crippen LogP) is 2.72. The van der Waals surface area contributed by atoms with Gasteiger partial charge in [0.15, 0.2) is 0 Å². The quantitative estimate of drug-likeness (QED) is 0.645. The Morgan fingerprint density at radius 3 is 2.44 bits per heavy atom. The zero-order chi connectivity index (χ0) is 24.6. The Morgan fingerprint density at radius 2 is 1.85 bits per heavy atom. The van der Waals surface area contributed by atoms with Crippen LogP contribution in [0.25, 0.3) is 0 Å². The van der Waals surface area contributed by atoms with E-state index in [0.29, 0.717) is 12.5 Å². The van der Waals surface area contributed by atoms with Gasteiger partial charge in [0, 0.05) is 32.4 Å². The third-order valence-electron chi connectivity index (χ3n) is 5.75. The second-order valence-corrected chi connectivity index (χ2v) is 8.39. The van der Waals surface area contributed by atoms with E-state index in [1.54, 1.807) is 6.26 Å². The number of hydrogen-bond donors (Lipinski definition) is 2. The van der Waals surface area contributed by atoms with Crippen molar-refractivity contribution >= 4 is 12.0 Å². The summed E-state index contributed by atoms with van der Waals surface area (Å²) in [4.78, 5) is 25.5. The molecule has 2 N–H and O–H groups in total. The maximum atomic E-state index is 12.3. The molecule has 0 aliphatic carbocycles. The lowest BCUT2D eigenvalue weighted by atomic mass is 9.97. The summed E-state index contributed by atoms with van der Waals surface area (Å²) in [5.74, 6) is -1.44. The summed E-state index contributed by atoms with van der Waals surface area (Å²) in [5.41, 5.74) is 1.06. The molecular weight excluding hydrogens is 457 g/mol. The first-order valence-corrected chi connectivity index (χ1v) is 11.2. The summed E-state index contributed by atoms with van der Waals surface area (Å²) in [6, 6.07) is 3.68. The van der Waals surface area contributed by atoms with Gasteiger partial charge in [0.2, 0.25) is 0 Å². The number of carboxylic acids is 1. The number of aromatic nitrogens is 3. The molecule has 10 nitrogen and oxygen atoms in total. The zero-order valence-corrected chi connectivity index (χ0v) is 18.7. The summed E-state index contributed by atoms with van der Waals surface area (Å²) in [6.45, 7) is 6.14. The maximum Gasteiger partial charge on any atom is 0.490 e. The van der Waals surface area contributed by atoms with Gasteiger partial charge in [0.05, 0.1) is 18.5 Å². The van der Waals surface area contributed by atoms with Gasteiger partial charge in [-0.2, -0.15) is 13.2 Å². The van der Waals surface area contributed by atoms with Crippen LogP contribution >= 0.6 is 0 Å². The smallest absolute Gasteiger partial charge is 0.475 e. The second kappa shape index (κ2) is 11.9. The van der Waals surface area contributed by atoms with Gasteiger partial charge in [-0.15, -0.1) is 5.10 Å². The summed E-state index contributed by atoms with van der Waals surface area (Å²) in [5, 5.41) is 18.7. The first-order valence-electron chi connectivity index (χ1n) is 11.2. The van der Waals surface area contributed by atoms with Crippen molar-refractivity contribution in [3.8, 4) is 0 Å². The van der Waals surface area contributed by atoms with E-state index in [1.165, 1.54) is 25.9 Å². The van der Waals surface area contributed by atoms with Crippen molar-refractivity contribution in [1.82, 2.24) is 30.1 Å². The number of rotatable bonds is 6. The molecule has 0 atom stereocenters. The lowest BCUT2D eigenvalue weighted by molar-refractivity contribution is -0.192. The van der Waals surface area contributed by atoms with Crippen LogP contribution in [0.1, 0.15) is 37.1 Å². The highest BCUT2D eigenvalue weighted by Gasteiger charge is 2.38. The molecule has 0 bridgehead atoms. The Balaban J connectivity index is 0.000000406. The number of nitrogens with zero attached hydrogens (tertiary/aromatic N) is 5. The van der Waals surface area contributed by atoms with Gasteiger partial charge >= 0.3 is 18.2 Å². The van der Waals surface area contributed by atoms with E-state index in [1.807, 2.05) is 21.7 Å². The molecule has 34 heavy (non-hydrogen) atoms. The van der Waals surface area contributed by atoms with Gasteiger partial charge in [-0.25, -0.2) is 9.59 Å². The van der Waals surface area contributed by atoms with E-state index in [9.17, 15) is 18.0 Å². The van der Waals surface area contributed by atoms with E-state index in [2.05, 4.69) is 26.7 Å². The lowest BCUT2D eigenvalue weighted by Crippen LogP contribution is -2.44. The van der Waals surface area contributed by atoms with Crippen LogP contribution in [-0.4, -0.2) is 74.3 Å². The van der Waals surface area contributed by atoms with Gasteiger partial charge in [0.1, 0.15) is 5.76 Å². The molecule has 13 heteroatoms. The largest absolute Gasteiger partial charge is 0.490 e. The highest BCUT2D eigenvalue weighted by atomic mass is 19.4. The molecule has 2 amide bonds. The third kappa shape index (κ3) is 8.04. The Bertz CT molecular complexity index is 904. The van der Waals surface area contributed by atoms with Gasteiger partial charge in [0.25, 0.3) is 0 Å². The highest BCUT2D eigenvalue weighted by Crippen LogP contribution is 2.19. The number of carboxylic acid groups (broad SMARTS) is 1. The number of furan rings is 1. The highest BCUT2D eigenvalue weighted by molar-refractivity contribution is 5.74. The van der Waals surface area contributed by atoms with E-state index in [0.717, 1.165) is 50.5 Å². The van der Waals surface area contributed by atoms with Gasteiger partial charge in [-0.05, 0) is 56.8 Å². The van der Waals surface area contributed by atoms with E-state index in [4.69, 9.17) is 14.3 Å². The van der Waals surface area contributed by atoms with Crippen LogP contribution in [0.5, 0.6) is 0 Å². The minimum atomic E-state index is -5.08. The van der Waals surface area contributed by atoms with E-state index >= 15 is 0 Å². The molecule has 2 saturated heterocycles. The van der Waals surface area contributed by atoms with Crippen LogP contribution in [0.4, 0.5) is 18.0 Å². The topological polar surface area (TPSA) is 117 Å². The number of alkyl halides is 3. The Kier molecular flexibility index (Phi) is 8.91. The number of amides is 2. The van der Waals surface area contributed by atoms with E-state index in [-0.39, 0.29) is 6.03 Å². The number of hydrogen-bond acceptors (Lipinski definition) is 6. The summed E-state index contributed by atoms with van der Waals surface area (Å²) in [6.07, 6.45) is 3.20. The third-order valence-corrected chi connectivity index (χ3v) is 5.75. The summed E-state index contributed by atoms with van der Waals surface area (Å²) < 4.78 is 39.0. The molecule has 188 valence electrons. The molecule has 2 aromatic heterocycles. The molecule has 0 saturated carbocycles. The maximum absolute atomic E-state index is 12.3. The van der Waals surface area contributed by atoms with E-state index < -0.39 is 12.1 Å². The van der Waals surface area contributed by atoms with Crippen molar-refractivity contribution in [2.75, 3.05) is 26.2 Å². The average molecular weight is 486 g/mol. The number of aliphatic carboxylic acids is 1. The fourth-order valence-corrected chi connectivity index (χ4v) is 3.94. The molecule has 0 radical (unpaired) electrons. The van der Waals surface area contributed by atoms with Crippen LogP contribution in [-0.2, 0) is 24.4 Å². The number of halogens is 3. The fraction of sp³-hybridized carbons (Fsp3) is 0.619. The Hall–Kier alpha value is -3.09. The first-order chi connectivity index (χ1) is 16.2. The number of carbonyl (C=O) groups is 2. The average Bonchev–Trinajstić information content (AvgIpc) is 3.57. The molecule has 4 heterocycles. The number of likely N-dealkylation sites (tertiary alicyclic amines) is 2. The van der Waals surface area contributed by atoms with Gasteiger partial charge in [-0.1, -0.05) is 5.21 Å². The van der Waals surface area contributed by atoms with Crippen molar-refractivity contribution < 1.29 is 32.3 Å². The molecule has 0 aromatic carbocycles. The number of nitrogens with one attached hydrogen (secondary N) is 1. The molecule has 2 aliphatic heterocycles. The summed E-state index contributed by atoms with van der Waals surface area (Å²) >= 11 is 0. The molecule has 0 spiro atoms. The van der Waals surface area contributed by atoms with Crippen LogP contribution in [0.2, 0.25) is 0 Å². The molecule has 2 aliphatic rings. The molecular formula is C21H29F3N6O4. The van der Waals surface area contributed by atoms with Crippen molar-refractivity contribution in [1.29, 1.82) is 0 Å². The summed E-state index contributed by atoms with van der Waals surface area (Å²) in [7, 11) is 0. The molecule has 2 fully saturated rings. The van der Waals surface area contributed by atoms with Crippen LogP contribution in [0.3, 0.4) is 0 Å². The van der Waals surface area contributed by atoms with Crippen molar-refractivity contribution in [2.24, 2.45) is 5.92 Å². The second-order valence-electron chi connectivity index (χ2n) is 8.39. The normalized spacial score (nSPS) is 17.3. The number of piperidine rings is 1. The van der Waals surface area contributed by atoms with Gasteiger partial charge in [-0.3, -0.25) is 9.58 Å². The zero-order valence-electron chi connectivity index (χ0n) is 18.7. The standard InChI is InChI=1S/C19H28N6O2.C2HF3O2/c26-19(20-12-18-4-3-11-27-18)24-9-5-16(6-10-24)13-25-15-17(21-22-25)14-23-7-1-2-8-23;3-2(4,5)1(6)7/h3-4,11,15-16H,1-2,5-10,12-14H2,(H,20,26);(H,6,7). The minimum absolute atomic E-state index is 0.0153. The van der Waals surface area contributed by atoms with Crippen LogP contribution in [0.15, 0.2) is 29.0 Å². The van der Waals surface area contributed by atoms with Crippen molar-refractivity contribution in [2.45, 2.75) is 51.5 Å². The molecule has 4 rings (SSSR count). The molecule has 2 aromatic rings. The van der Waals surface area contributed by atoms with Crippen LogP contribution < -0.4 is 5.32 Å². The Labute approximate surface area is 194 Å². The van der Waals surface area contributed by atoms with Crippen molar-refractivity contribution in [3.63, 3.8) is 0 Å². The van der Waals surface area contributed by atoms with Gasteiger partial charge < -0.3 is 19.7 Å². The van der Waals surface area contributed by atoms with Crippen LogP contribution in [0, 0.1) is 5.92 Å².